The minimum Gasteiger partial charge on any atom is -0.396 e. The maximum Gasteiger partial charge on any atom is 0.170 e. The first-order valence-corrected chi connectivity index (χ1v) is 10.4. The summed E-state index contributed by atoms with van der Waals surface area (Å²) < 4.78 is 3.24. The van der Waals surface area contributed by atoms with Gasteiger partial charge in [0.25, 0.3) is 0 Å². The van der Waals surface area contributed by atoms with Gasteiger partial charge in [0.05, 0.1) is 17.8 Å². The first-order chi connectivity index (χ1) is 13.7. The van der Waals surface area contributed by atoms with Crippen LogP contribution >= 0.6 is 28.1 Å². The highest BCUT2D eigenvalue weighted by Gasteiger charge is 2.40. The van der Waals surface area contributed by atoms with Crippen LogP contribution in [-0.4, -0.2) is 37.8 Å². The van der Waals surface area contributed by atoms with E-state index in [0.29, 0.717) is 18.1 Å². The molecule has 1 aromatic carbocycles. The van der Waals surface area contributed by atoms with Crippen LogP contribution in [0, 0.1) is 0 Å². The first-order valence-electron chi connectivity index (χ1n) is 9.21. The predicted octanol–water partition coefficient (Wildman–Crippen LogP) is 3.99. The van der Waals surface area contributed by atoms with Gasteiger partial charge in [0.1, 0.15) is 0 Å². The Bertz CT molecular complexity index is 945. The Balaban J connectivity index is 1.78. The van der Waals surface area contributed by atoms with Crippen molar-refractivity contribution in [3.05, 3.63) is 82.9 Å². The highest BCUT2D eigenvalue weighted by Crippen LogP contribution is 2.39. The van der Waals surface area contributed by atoms with Crippen LogP contribution in [0.2, 0.25) is 0 Å². The van der Waals surface area contributed by atoms with Gasteiger partial charge < -0.3 is 19.9 Å². The Kier molecular flexibility index (Phi) is 5.75. The van der Waals surface area contributed by atoms with E-state index >= 15 is 0 Å². The van der Waals surface area contributed by atoms with E-state index < -0.39 is 0 Å². The van der Waals surface area contributed by atoms with Gasteiger partial charge in [0.15, 0.2) is 5.11 Å². The number of nitrogens with zero attached hydrogens (tertiary/aromatic N) is 3. The topological polar surface area (TPSA) is 53.3 Å². The van der Waals surface area contributed by atoms with Crippen molar-refractivity contribution in [2.75, 3.05) is 13.2 Å². The molecule has 0 bridgehead atoms. The molecular formula is C21H21BrN4OS. The summed E-state index contributed by atoms with van der Waals surface area (Å²) in [5.74, 6) is 0. The molecule has 144 valence electrons. The van der Waals surface area contributed by atoms with E-state index in [1.54, 1.807) is 6.20 Å². The molecule has 2 atom stereocenters. The highest BCUT2D eigenvalue weighted by molar-refractivity contribution is 9.10. The third-order valence-electron chi connectivity index (χ3n) is 4.94. The third-order valence-corrected chi connectivity index (χ3v) is 5.82. The van der Waals surface area contributed by atoms with Crippen molar-refractivity contribution < 1.29 is 5.11 Å². The van der Waals surface area contributed by atoms with E-state index in [0.717, 1.165) is 21.5 Å². The van der Waals surface area contributed by atoms with Crippen LogP contribution in [0.3, 0.4) is 0 Å². The summed E-state index contributed by atoms with van der Waals surface area (Å²) >= 11 is 9.15. The summed E-state index contributed by atoms with van der Waals surface area (Å²) in [5, 5.41) is 13.5. The zero-order valence-corrected chi connectivity index (χ0v) is 17.6. The lowest BCUT2D eigenvalue weighted by atomic mass is 10.0. The summed E-state index contributed by atoms with van der Waals surface area (Å²) in [6.07, 6.45) is 4.53. The molecule has 3 heterocycles. The SMILES string of the molecule is OCCCN1C(=S)N[C@H](c2ccccn2)[C@@H]1c1cccn1-c1ccc(Br)cc1. The van der Waals surface area contributed by atoms with Crippen LogP contribution < -0.4 is 5.32 Å². The standard InChI is InChI=1S/C21H21BrN4OS/c22-15-7-9-16(10-8-15)25-12-3-6-18(25)20-19(17-5-1-2-11-23-17)24-21(28)26(20)13-4-14-27/h1-3,5-12,19-20,27H,4,13-14H2,(H,24,28)/t19-,20+/m1/s1. The van der Waals surface area contributed by atoms with Crippen LogP contribution in [-0.2, 0) is 0 Å². The molecule has 0 amide bonds. The fraction of sp³-hybridized carbons (Fsp3) is 0.238. The number of thiocarbonyl (C=S) groups is 1. The molecule has 4 rings (SSSR count). The smallest absolute Gasteiger partial charge is 0.170 e. The van der Waals surface area contributed by atoms with Gasteiger partial charge >= 0.3 is 0 Å². The molecule has 2 N–H and O–H groups in total. The maximum atomic E-state index is 9.36. The number of benzene rings is 1. The van der Waals surface area contributed by atoms with Crippen molar-refractivity contribution in [3.8, 4) is 5.69 Å². The molecule has 3 aromatic rings. The van der Waals surface area contributed by atoms with Gasteiger partial charge in [-0.15, -0.1) is 0 Å². The number of rotatable bonds is 6. The third kappa shape index (κ3) is 3.70. The van der Waals surface area contributed by atoms with Crippen molar-refractivity contribution in [1.29, 1.82) is 0 Å². The monoisotopic (exact) mass is 456 g/mol. The molecule has 0 aliphatic carbocycles. The summed E-state index contributed by atoms with van der Waals surface area (Å²) in [6, 6.07) is 18.3. The van der Waals surface area contributed by atoms with E-state index in [-0.39, 0.29) is 18.7 Å². The van der Waals surface area contributed by atoms with Gasteiger partial charge in [-0.2, -0.15) is 0 Å². The van der Waals surface area contributed by atoms with Gasteiger partial charge in [0, 0.05) is 41.4 Å². The summed E-state index contributed by atoms with van der Waals surface area (Å²) in [4.78, 5) is 6.73. The van der Waals surface area contributed by atoms with Crippen molar-refractivity contribution in [1.82, 2.24) is 19.8 Å². The number of aromatic nitrogens is 2. The number of halogens is 1. The average molecular weight is 457 g/mol. The molecule has 1 saturated heterocycles. The second kappa shape index (κ2) is 8.43. The molecule has 0 unspecified atom stereocenters. The fourth-order valence-electron chi connectivity index (χ4n) is 3.68. The zero-order valence-electron chi connectivity index (χ0n) is 15.2. The molecule has 1 fully saturated rings. The van der Waals surface area contributed by atoms with Crippen molar-refractivity contribution in [2.24, 2.45) is 0 Å². The van der Waals surface area contributed by atoms with Crippen LogP contribution in [0.25, 0.3) is 5.69 Å². The van der Waals surface area contributed by atoms with Crippen molar-refractivity contribution >= 4 is 33.3 Å². The van der Waals surface area contributed by atoms with E-state index in [9.17, 15) is 5.11 Å². The van der Waals surface area contributed by atoms with Crippen molar-refractivity contribution in [3.63, 3.8) is 0 Å². The Morgan fingerprint density at radius 2 is 1.93 bits per heavy atom. The molecule has 0 radical (unpaired) electrons. The molecule has 1 aliphatic heterocycles. The predicted molar refractivity (Wildman–Crippen MR) is 117 cm³/mol. The van der Waals surface area contributed by atoms with Gasteiger partial charge in [0.2, 0.25) is 0 Å². The number of pyridine rings is 1. The number of hydrogen-bond donors (Lipinski definition) is 2. The lowest BCUT2D eigenvalue weighted by Gasteiger charge is -2.28. The van der Waals surface area contributed by atoms with Gasteiger partial charge in [-0.1, -0.05) is 22.0 Å². The number of aliphatic hydroxyl groups excluding tert-OH is 1. The van der Waals surface area contributed by atoms with E-state index in [1.165, 1.54) is 0 Å². The Morgan fingerprint density at radius 3 is 2.64 bits per heavy atom. The highest BCUT2D eigenvalue weighted by atomic mass is 79.9. The second-order valence-corrected chi connectivity index (χ2v) is 7.98. The largest absolute Gasteiger partial charge is 0.396 e. The maximum absolute atomic E-state index is 9.36. The van der Waals surface area contributed by atoms with Crippen LogP contribution in [0.1, 0.15) is 29.9 Å². The first kappa shape index (κ1) is 19.1. The second-order valence-electron chi connectivity index (χ2n) is 6.68. The van der Waals surface area contributed by atoms with E-state index in [4.69, 9.17) is 12.2 Å². The lowest BCUT2D eigenvalue weighted by Crippen LogP contribution is -2.31. The molecular weight excluding hydrogens is 436 g/mol. The van der Waals surface area contributed by atoms with Crippen LogP contribution in [0.5, 0.6) is 0 Å². The normalized spacial score (nSPS) is 19.1. The van der Waals surface area contributed by atoms with Gasteiger partial charge in [-0.3, -0.25) is 4.98 Å². The molecule has 1 aliphatic rings. The zero-order chi connectivity index (χ0) is 19.5. The molecule has 5 nitrogen and oxygen atoms in total. The van der Waals surface area contributed by atoms with E-state index in [2.05, 4.69) is 66.2 Å². The van der Waals surface area contributed by atoms with Crippen molar-refractivity contribution in [2.45, 2.75) is 18.5 Å². The lowest BCUT2D eigenvalue weighted by molar-refractivity contribution is 0.245. The Morgan fingerprint density at radius 1 is 1.11 bits per heavy atom. The minimum atomic E-state index is -0.0588. The molecule has 2 aromatic heterocycles. The molecule has 0 spiro atoms. The van der Waals surface area contributed by atoms with Crippen LogP contribution in [0.15, 0.2) is 71.5 Å². The summed E-state index contributed by atoms with van der Waals surface area (Å²) in [7, 11) is 0. The Labute approximate surface area is 178 Å². The van der Waals surface area contributed by atoms with E-state index in [1.807, 2.05) is 30.3 Å². The van der Waals surface area contributed by atoms with Crippen LogP contribution in [0.4, 0.5) is 0 Å². The summed E-state index contributed by atoms with van der Waals surface area (Å²) in [5.41, 5.74) is 3.16. The number of aliphatic hydroxyl groups is 1. The van der Waals surface area contributed by atoms with Gasteiger partial charge in [-0.05, 0) is 67.2 Å². The quantitative estimate of drug-likeness (QED) is 0.549. The molecule has 28 heavy (non-hydrogen) atoms. The fourth-order valence-corrected chi connectivity index (χ4v) is 4.28. The molecule has 0 saturated carbocycles. The molecule has 7 heteroatoms. The Hall–Kier alpha value is -2.22. The average Bonchev–Trinajstić information content (AvgIpc) is 3.32. The van der Waals surface area contributed by atoms with Gasteiger partial charge in [-0.25, -0.2) is 0 Å². The number of hydrogen-bond acceptors (Lipinski definition) is 3. The number of nitrogens with one attached hydrogen (secondary N) is 1. The minimum absolute atomic E-state index is 0.0207. The summed E-state index contributed by atoms with van der Waals surface area (Å²) in [6.45, 7) is 0.815.